The molecule has 1 amide bonds. The van der Waals surface area contributed by atoms with E-state index in [0.29, 0.717) is 11.8 Å². The molecule has 3 N–H and O–H groups in total. The molecule has 1 heterocycles. The highest BCUT2D eigenvalue weighted by atomic mass is 16.1. The second kappa shape index (κ2) is 2.19. The lowest BCUT2D eigenvalue weighted by molar-refractivity contribution is -0.124. The van der Waals surface area contributed by atoms with Crippen molar-refractivity contribution in [1.29, 1.82) is 0 Å². The third-order valence-electron chi connectivity index (χ3n) is 4.04. The molecular weight excluding hydrogens is 178 g/mol. The fourth-order valence-corrected chi connectivity index (χ4v) is 3.24. The largest absolute Gasteiger partial charge is 0.369 e. The number of hydrogen-bond acceptors (Lipinski definition) is 2. The molecule has 0 saturated heterocycles. The Bertz CT molecular complexity index is 411. The molecule has 2 aliphatic carbocycles. The van der Waals surface area contributed by atoms with Crippen LogP contribution in [0.25, 0.3) is 0 Å². The van der Waals surface area contributed by atoms with Crippen LogP contribution in [0.3, 0.4) is 0 Å². The van der Waals surface area contributed by atoms with Crippen LogP contribution in [0.5, 0.6) is 0 Å². The van der Waals surface area contributed by atoms with E-state index in [2.05, 4.69) is 10.2 Å². The van der Waals surface area contributed by atoms with E-state index in [1.165, 1.54) is 5.56 Å². The predicted octanol–water partition coefficient (Wildman–Crippen LogP) is 0.561. The van der Waals surface area contributed by atoms with Gasteiger partial charge in [0.1, 0.15) is 0 Å². The van der Waals surface area contributed by atoms with Crippen molar-refractivity contribution in [3.05, 3.63) is 17.5 Å². The average Bonchev–Trinajstić information content (AvgIpc) is 2.48. The first-order chi connectivity index (χ1) is 6.71. The number of aromatic amines is 1. The number of aromatic nitrogens is 2. The van der Waals surface area contributed by atoms with Gasteiger partial charge in [-0.2, -0.15) is 5.10 Å². The molecule has 0 bridgehead atoms. The number of carbonyl (C=O) groups is 1. The third kappa shape index (κ3) is 0.636. The number of nitrogens with one attached hydrogen (secondary N) is 1. The van der Waals surface area contributed by atoms with E-state index < -0.39 is 0 Å². The number of nitrogens with zero attached hydrogens (tertiary/aromatic N) is 1. The van der Waals surface area contributed by atoms with Crippen molar-refractivity contribution in [2.45, 2.75) is 25.7 Å². The number of nitrogens with two attached hydrogens (primary N) is 1. The van der Waals surface area contributed by atoms with Crippen molar-refractivity contribution < 1.29 is 4.79 Å². The summed E-state index contributed by atoms with van der Waals surface area (Å²) in [5, 5.41) is 7.07. The van der Waals surface area contributed by atoms with Gasteiger partial charge < -0.3 is 5.73 Å². The van der Waals surface area contributed by atoms with Crippen LogP contribution >= 0.6 is 0 Å². The van der Waals surface area contributed by atoms with Crippen LogP contribution in [0.1, 0.15) is 30.5 Å². The van der Waals surface area contributed by atoms with Crippen LogP contribution in [0.2, 0.25) is 0 Å². The third-order valence-corrected chi connectivity index (χ3v) is 4.04. The van der Waals surface area contributed by atoms with Gasteiger partial charge >= 0.3 is 0 Å². The number of rotatable bonds is 2. The van der Waals surface area contributed by atoms with Crippen molar-refractivity contribution >= 4 is 5.91 Å². The number of primary amides is 1. The van der Waals surface area contributed by atoms with Crippen LogP contribution < -0.4 is 5.73 Å². The molecule has 2 aliphatic rings. The van der Waals surface area contributed by atoms with Crippen molar-refractivity contribution in [1.82, 2.24) is 10.2 Å². The van der Waals surface area contributed by atoms with Gasteiger partial charge in [0.05, 0.1) is 11.1 Å². The van der Waals surface area contributed by atoms with Crippen LogP contribution in [0, 0.1) is 11.3 Å². The highest BCUT2D eigenvalue weighted by Crippen LogP contribution is 2.71. The molecular formula is C10H13N3O. The fourth-order valence-electron chi connectivity index (χ4n) is 3.24. The molecule has 1 saturated carbocycles. The smallest absolute Gasteiger partial charge is 0.224 e. The molecule has 1 aromatic heterocycles. The first-order valence-corrected chi connectivity index (χ1v) is 5.04. The maximum Gasteiger partial charge on any atom is 0.224 e. The Morgan fingerprint density at radius 3 is 3.29 bits per heavy atom. The van der Waals surface area contributed by atoms with E-state index >= 15 is 0 Å². The van der Waals surface area contributed by atoms with Gasteiger partial charge in [-0.1, -0.05) is 6.92 Å². The topological polar surface area (TPSA) is 71.8 Å². The summed E-state index contributed by atoms with van der Waals surface area (Å²) in [4.78, 5) is 11.4. The summed E-state index contributed by atoms with van der Waals surface area (Å²) in [6.45, 7) is 2.04. The summed E-state index contributed by atoms with van der Waals surface area (Å²) >= 11 is 0. The molecule has 0 spiro atoms. The number of fused-ring (bicyclic) bond motifs is 3. The summed E-state index contributed by atoms with van der Waals surface area (Å²) in [6, 6.07) is 0. The Balaban J connectivity index is 2.03. The van der Waals surface area contributed by atoms with Crippen LogP contribution in [-0.2, 0) is 11.2 Å². The van der Waals surface area contributed by atoms with Crippen LogP contribution in [0.15, 0.2) is 6.20 Å². The summed E-state index contributed by atoms with van der Waals surface area (Å²) in [5.74, 6) is 0.576. The lowest BCUT2D eigenvalue weighted by atomic mass is 9.91. The van der Waals surface area contributed by atoms with Crippen LogP contribution in [-0.4, -0.2) is 16.1 Å². The van der Waals surface area contributed by atoms with E-state index in [1.807, 2.05) is 13.1 Å². The summed E-state index contributed by atoms with van der Waals surface area (Å²) in [7, 11) is 0. The van der Waals surface area contributed by atoms with E-state index in [-0.39, 0.29) is 11.3 Å². The molecule has 1 fully saturated rings. The molecule has 14 heavy (non-hydrogen) atoms. The molecule has 0 radical (unpaired) electrons. The Morgan fingerprint density at radius 2 is 2.64 bits per heavy atom. The monoisotopic (exact) mass is 191 g/mol. The summed E-state index contributed by atoms with van der Waals surface area (Å²) < 4.78 is 0. The standard InChI is InChI=1S/C10H13N3O/c1-2-10(9(11)14)6-3-5-4-12-13-8(5)7(6)10/h4,6-7H,2-3H2,1H3,(H2,11,14)(H,12,13). The zero-order valence-electron chi connectivity index (χ0n) is 8.08. The molecule has 1 aromatic rings. The molecule has 0 aliphatic heterocycles. The van der Waals surface area contributed by atoms with Gasteiger partial charge in [-0.3, -0.25) is 9.89 Å². The molecule has 74 valence electrons. The number of amides is 1. The second-order valence-corrected chi connectivity index (χ2v) is 4.34. The zero-order valence-corrected chi connectivity index (χ0v) is 8.08. The molecule has 4 heteroatoms. The van der Waals surface area contributed by atoms with Gasteiger partial charge in [0.25, 0.3) is 0 Å². The number of carbonyl (C=O) groups excluding carboxylic acids is 1. The van der Waals surface area contributed by atoms with Gasteiger partial charge in [0.15, 0.2) is 0 Å². The first kappa shape index (κ1) is 8.03. The minimum absolute atomic E-state index is 0.149. The van der Waals surface area contributed by atoms with Gasteiger partial charge in [-0.25, -0.2) is 0 Å². The average molecular weight is 191 g/mol. The van der Waals surface area contributed by atoms with Crippen molar-refractivity contribution in [3.63, 3.8) is 0 Å². The molecule has 0 aromatic carbocycles. The summed E-state index contributed by atoms with van der Waals surface area (Å²) in [5.41, 5.74) is 7.56. The minimum Gasteiger partial charge on any atom is -0.369 e. The highest BCUT2D eigenvalue weighted by molar-refractivity contribution is 5.87. The van der Waals surface area contributed by atoms with E-state index in [1.54, 1.807) is 0 Å². The zero-order chi connectivity index (χ0) is 9.92. The lowest BCUT2D eigenvalue weighted by Gasteiger charge is -2.13. The quantitative estimate of drug-likeness (QED) is 0.717. The van der Waals surface area contributed by atoms with Gasteiger partial charge in [-0.05, 0) is 24.3 Å². The lowest BCUT2D eigenvalue weighted by Crippen LogP contribution is -2.28. The van der Waals surface area contributed by atoms with Crippen molar-refractivity contribution in [2.75, 3.05) is 0 Å². The van der Waals surface area contributed by atoms with E-state index in [0.717, 1.165) is 18.5 Å². The summed E-state index contributed by atoms with van der Waals surface area (Å²) in [6.07, 6.45) is 3.74. The highest BCUT2D eigenvalue weighted by Gasteiger charge is 2.71. The van der Waals surface area contributed by atoms with Gasteiger partial charge in [0.2, 0.25) is 5.91 Å². The Labute approximate surface area is 81.9 Å². The van der Waals surface area contributed by atoms with E-state index in [4.69, 9.17) is 5.73 Å². The molecule has 3 rings (SSSR count). The Hall–Kier alpha value is -1.32. The van der Waals surface area contributed by atoms with Crippen LogP contribution in [0.4, 0.5) is 0 Å². The predicted molar refractivity (Wildman–Crippen MR) is 50.4 cm³/mol. The van der Waals surface area contributed by atoms with Gasteiger partial charge in [0, 0.05) is 12.1 Å². The van der Waals surface area contributed by atoms with E-state index in [9.17, 15) is 4.79 Å². The Morgan fingerprint density at radius 1 is 1.86 bits per heavy atom. The fraction of sp³-hybridized carbons (Fsp3) is 0.600. The normalized spacial score (nSPS) is 37.8. The minimum atomic E-state index is -0.276. The molecule has 3 unspecified atom stereocenters. The molecule has 3 atom stereocenters. The maximum atomic E-state index is 11.4. The molecule has 4 nitrogen and oxygen atoms in total. The second-order valence-electron chi connectivity index (χ2n) is 4.34. The number of hydrogen-bond donors (Lipinski definition) is 2. The number of H-pyrrole nitrogens is 1. The van der Waals surface area contributed by atoms with Crippen molar-refractivity contribution in [3.8, 4) is 0 Å². The first-order valence-electron chi connectivity index (χ1n) is 5.04. The van der Waals surface area contributed by atoms with Gasteiger partial charge in [-0.15, -0.1) is 0 Å². The maximum absolute atomic E-state index is 11.4. The SMILES string of the molecule is CCC1(C(N)=O)C2Cc3c[nH]nc3C21. The Kier molecular flexibility index (Phi) is 1.25. The van der Waals surface area contributed by atoms with Crippen molar-refractivity contribution in [2.24, 2.45) is 17.1 Å².